The van der Waals surface area contributed by atoms with Gasteiger partial charge in [-0.15, -0.1) is 0 Å². The van der Waals surface area contributed by atoms with Crippen molar-refractivity contribution in [2.45, 2.75) is 26.0 Å². The SMILES string of the molecule is CCn1cc(CC(O)c2nc3ccccc3cc2Br)cn1. The minimum absolute atomic E-state index is 0.504. The van der Waals surface area contributed by atoms with E-state index < -0.39 is 6.10 Å². The highest BCUT2D eigenvalue weighted by molar-refractivity contribution is 9.10. The molecule has 2 heterocycles. The second-order valence-electron chi connectivity index (χ2n) is 4.97. The fourth-order valence-electron chi connectivity index (χ4n) is 2.34. The standard InChI is InChI=1S/C16H16BrN3O/c1-2-20-10-11(9-18-20)7-15(21)16-13(17)8-12-5-3-4-6-14(12)19-16/h3-6,8-10,15,21H,2,7H2,1H3. The fraction of sp³-hybridized carbons (Fsp3) is 0.250. The van der Waals surface area contributed by atoms with E-state index in [2.05, 4.69) is 26.0 Å². The highest BCUT2D eigenvalue weighted by Gasteiger charge is 2.15. The third-order valence-corrected chi connectivity index (χ3v) is 4.10. The number of aryl methyl sites for hydroxylation is 1. The maximum absolute atomic E-state index is 10.5. The summed E-state index contributed by atoms with van der Waals surface area (Å²) >= 11 is 3.51. The summed E-state index contributed by atoms with van der Waals surface area (Å²) in [4.78, 5) is 4.57. The lowest BCUT2D eigenvalue weighted by Crippen LogP contribution is -2.05. The number of rotatable bonds is 4. The van der Waals surface area contributed by atoms with E-state index in [0.29, 0.717) is 12.1 Å². The topological polar surface area (TPSA) is 50.9 Å². The van der Waals surface area contributed by atoms with Gasteiger partial charge < -0.3 is 5.11 Å². The van der Waals surface area contributed by atoms with Gasteiger partial charge in [0.1, 0.15) is 6.10 Å². The summed E-state index contributed by atoms with van der Waals surface area (Å²) in [5.41, 5.74) is 2.56. The van der Waals surface area contributed by atoms with E-state index in [4.69, 9.17) is 0 Å². The minimum atomic E-state index is -0.654. The number of aliphatic hydroxyl groups excluding tert-OH is 1. The quantitative estimate of drug-likeness (QED) is 0.787. The van der Waals surface area contributed by atoms with Crippen LogP contribution in [0.4, 0.5) is 0 Å². The predicted molar refractivity (Wildman–Crippen MR) is 86.0 cm³/mol. The molecular weight excluding hydrogens is 330 g/mol. The zero-order valence-corrected chi connectivity index (χ0v) is 13.3. The van der Waals surface area contributed by atoms with E-state index in [1.54, 1.807) is 6.20 Å². The highest BCUT2D eigenvalue weighted by Crippen LogP contribution is 2.27. The van der Waals surface area contributed by atoms with Crippen LogP contribution in [0.1, 0.15) is 24.3 Å². The Morgan fingerprint density at radius 1 is 1.33 bits per heavy atom. The molecule has 1 atom stereocenters. The van der Waals surface area contributed by atoms with Crippen molar-refractivity contribution >= 4 is 26.8 Å². The van der Waals surface area contributed by atoms with Gasteiger partial charge in [-0.3, -0.25) is 4.68 Å². The molecule has 5 heteroatoms. The predicted octanol–water partition coefficient (Wildman–Crippen LogP) is 3.49. The summed E-state index contributed by atoms with van der Waals surface area (Å²) in [6, 6.07) is 9.88. The van der Waals surface area contributed by atoms with Crippen LogP contribution in [0.25, 0.3) is 10.9 Å². The molecule has 1 aromatic carbocycles. The summed E-state index contributed by atoms with van der Waals surface area (Å²) in [5, 5.41) is 15.7. The Bertz CT molecular complexity index is 769. The van der Waals surface area contributed by atoms with Crippen molar-refractivity contribution in [2.24, 2.45) is 0 Å². The van der Waals surface area contributed by atoms with Gasteiger partial charge in [0.15, 0.2) is 0 Å². The molecule has 0 amide bonds. The Balaban J connectivity index is 1.89. The molecule has 3 rings (SSSR count). The minimum Gasteiger partial charge on any atom is -0.386 e. The van der Waals surface area contributed by atoms with Crippen molar-refractivity contribution in [3.05, 3.63) is 58.5 Å². The van der Waals surface area contributed by atoms with E-state index in [9.17, 15) is 5.11 Å². The Morgan fingerprint density at radius 3 is 2.90 bits per heavy atom. The molecule has 21 heavy (non-hydrogen) atoms. The first-order chi connectivity index (χ1) is 10.2. The zero-order chi connectivity index (χ0) is 14.8. The molecule has 0 bridgehead atoms. The van der Waals surface area contributed by atoms with E-state index in [1.807, 2.05) is 48.1 Å². The van der Waals surface area contributed by atoms with Crippen LogP contribution in [0.3, 0.4) is 0 Å². The number of para-hydroxylation sites is 1. The zero-order valence-electron chi connectivity index (χ0n) is 11.7. The van der Waals surface area contributed by atoms with Crippen molar-refractivity contribution in [1.82, 2.24) is 14.8 Å². The largest absolute Gasteiger partial charge is 0.386 e. The van der Waals surface area contributed by atoms with Gasteiger partial charge in [0.2, 0.25) is 0 Å². The Morgan fingerprint density at radius 2 is 2.14 bits per heavy atom. The molecule has 0 saturated heterocycles. The second-order valence-corrected chi connectivity index (χ2v) is 5.83. The molecule has 3 aromatic rings. The van der Waals surface area contributed by atoms with Gasteiger partial charge in [0, 0.05) is 29.0 Å². The van der Waals surface area contributed by atoms with Crippen LogP contribution in [-0.4, -0.2) is 19.9 Å². The lowest BCUT2D eigenvalue weighted by Gasteiger charge is -2.12. The summed E-state index contributed by atoms with van der Waals surface area (Å²) in [6.45, 7) is 2.86. The molecule has 0 saturated carbocycles. The first-order valence-corrected chi connectivity index (χ1v) is 7.71. The molecule has 0 fully saturated rings. The van der Waals surface area contributed by atoms with Crippen LogP contribution < -0.4 is 0 Å². The molecule has 2 aromatic heterocycles. The van der Waals surface area contributed by atoms with Crippen molar-refractivity contribution in [3.63, 3.8) is 0 Å². The van der Waals surface area contributed by atoms with Crippen LogP contribution in [0.15, 0.2) is 47.2 Å². The average Bonchev–Trinajstić information content (AvgIpc) is 2.94. The maximum atomic E-state index is 10.5. The molecule has 0 radical (unpaired) electrons. The first kappa shape index (κ1) is 14.2. The normalized spacial score (nSPS) is 12.7. The van der Waals surface area contributed by atoms with Crippen molar-refractivity contribution < 1.29 is 5.11 Å². The smallest absolute Gasteiger partial charge is 0.101 e. The molecule has 0 aliphatic carbocycles. The number of hydrogen-bond acceptors (Lipinski definition) is 3. The van der Waals surface area contributed by atoms with Gasteiger partial charge in [-0.1, -0.05) is 18.2 Å². The van der Waals surface area contributed by atoms with E-state index in [1.165, 1.54) is 0 Å². The summed E-state index contributed by atoms with van der Waals surface area (Å²) in [5.74, 6) is 0. The monoisotopic (exact) mass is 345 g/mol. The molecule has 0 aliphatic rings. The molecule has 0 aliphatic heterocycles. The van der Waals surface area contributed by atoms with Gasteiger partial charge in [-0.2, -0.15) is 5.10 Å². The van der Waals surface area contributed by atoms with Crippen LogP contribution in [0, 0.1) is 0 Å². The number of nitrogens with zero attached hydrogens (tertiary/aromatic N) is 3. The number of aliphatic hydroxyl groups is 1. The number of hydrogen-bond donors (Lipinski definition) is 1. The molecule has 1 N–H and O–H groups in total. The molecule has 0 spiro atoms. The molecule has 108 valence electrons. The Kier molecular flexibility index (Phi) is 4.03. The molecule has 1 unspecified atom stereocenters. The first-order valence-electron chi connectivity index (χ1n) is 6.92. The van der Waals surface area contributed by atoms with Gasteiger partial charge in [0.25, 0.3) is 0 Å². The molecular formula is C16H16BrN3O. The summed E-state index contributed by atoms with van der Waals surface area (Å²) in [6.07, 6.45) is 3.60. The van der Waals surface area contributed by atoms with Crippen LogP contribution >= 0.6 is 15.9 Å². The lowest BCUT2D eigenvalue weighted by molar-refractivity contribution is 0.173. The van der Waals surface area contributed by atoms with Gasteiger partial charge in [-0.25, -0.2) is 4.98 Å². The number of pyridine rings is 1. The maximum Gasteiger partial charge on any atom is 0.101 e. The Hall–Kier alpha value is -1.72. The number of fused-ring (bicyclic) bond motifs is 1. The van der Waals surface area contributed by atoms with Crippen molar-refractivity contribution in [2.75, 3.05) is 0 Å². The van der Waals surface area contributed by atoms with Gasteiger partial charge in [-0.05, 0) is 40.5 Å². The fourth-order valence-corrected chi connectivity index (χ4v) is 2.94. The summed E-state index contributed by atoms with van der Waals surface area (Å²) < 4.78 is 2.68. The number of benzene rings is 1. The average molecular weight is 346 g/mol. The summed E-state index contributed by atoms with van der Waals surface area (Å²) in [7, 11) is 0. The highest BCUT2D eigenvalue weighted by atomic mass is 79.9. The van der Waals surface area contributed by atoms with E-state index >= 15 is 0 Å². The van der Waals surface area contributed by atoms with Crippen LogP contribution in [0.5, 0.6) is 0 Å². The second kappa shape index (κ2) is 5.95. The van der Waals surface area contributed by atoms with E-state index in [-0.39, 0.29) is 0 Å². The molecule has 4 nitrogen and oxygen atoms in total. The Labute approximate surface area is 131 Å². The van der Waals surface area contributed by atoms with Crippen LogP contribution in [-0.2, 0) is 13.0 Å². The number of halogens is 1. The third-order valence-electron chi connectivity index (χ3n) is 3.46. The number of aromatic nitrogens is 3. The lowest BCUT2D eigenvalue weighted by atomic mass is 10.1. The van der Waals surface area contributed by atoms with Gasteiger partial charge in [0.05, 0.1) is 17.4 Å². The van der Waals surface area contributed by atoms with Crippen molar-refractivity contribution in [1.29, 1.82) is 0 Å². The van der Waals surface area contributed by atoms with Gasteiger partial charge >= 0.3 is 0 Å². The van der Waals surface area contributed by atoms with E-state index in [0.717, 1.165) is 27.5 Å². The van der Waals surface area contributed by atoms with Crippen LogP contribution in [0.2, 0.25) is 0 Å². The third kappa shape index (κ3) is 2.99. The van der Waals surface area contributed by atoms with Crippen molar-refractivity contribution in [3.8, 4) is 0 Å².